The second-order valence-electron chi connectivity index (χ2n) is 14.4. The molecule has 0 amide bonds. The minimum Gasteiger partial charge on any atom is -0.443 e. The van der Waals surface area contributed by atoms with E-state index in [4.69, 9.17) is 4.42 Å². The summed E-state index contributed by atoms with van der Waals surface area (Å²) in [6.45, 7) is 26.2. The molecule has 3 aromatic heterocycles. The zero-order valence-electron chi connectivity index (χ0n) is 27.6. The summed E-state index contributed by atoms with van der Waals surface area (Å²) in [5.74, 6) is 0. The molecule has 0 aliphatic rings. The summed E-state index contributed by atoms with van der Waals surface area (Å²) >= 11 is 3.10. The highest BCUT2D eigenvalue weighted by Crippen LogP contribution is 2.15. The zero-order valence-corrected chi connectivity index (χ0v) is 29.2. The molecule has 6 rings (SSSR count). The molecule has 7 heteroatoms. The molecular formula is C35H50N4OS2. The fourth-order valence-electron chi connectivity index (χ4n) is 2.33. The van der Waals surface area contributed by atoms with Crippen molar-refractivity contribution in [3.05, 3.63) is 84.7 Å². The Morgan fingerprint density at radius 3 is 1.48 bits per heavy atom. The van der Waals surface area contributed by atoms with Crippen LogP contribution in [0.4, 0.5) is 0 Å². The third-order valence-electron chi connectivity index (χ3n) is 3.63. The van der Waals surface area contributed by atoms with Crippen molar-refractivity contribution in [1.82, 2.24) is 19.6 Å². The topological polar surface area (TPSA) is 64.7 Å². The van der Waals surface area contributed by atoms with Gasteiger partial charge in [-0.05, 0) is 64.2 Å². The average molecular weight is 607 g/mol. The van der Waals surface area contributed by atoms with Crippen LogP contribution in [0.15, 0.2) is 89.1 Å². The van der Waals surface area contributed by atoms with Crippen LogP contribution < -0.4 is 0 Å². The van der Waals surface area contributed by atoms with Gasteiger partial charge in [-0.15, -0.1) is 16.4 Å². The molecule has 228 valence electrons. The summed E-state index contributed by atoms with van der Waals surface area (Å²) in [7, 11) is 0. The van der Waals surface area contributed by atoms with Gasteiger partial charge in [-0.1, -0.05) is 124 Å². The van der Waals surface area contributed by atoms with Crippen molar-refractivity contribution in [2.45, 2.75) is 83.1 Å². The van der Waals surface area contributed by atoms with Crippen molar-refractivity contribution in [3.63, 3.8) is 0 Å². The lowest BCUT2D eigenvalue weighted by Gasteiger charge is -2.05. The number of rotatable bonds is 0. The highest BCUT2D eigenvalue weighted by atomic mass is 32.1. The van der Waals surface area contributed by atoms with Gasteiger partial charge in [0.2, 0.25) is 0 Å². The minimum absolute atomic E-state index is 0.500. The predicted molar refractivity (Wildman–Crippen MR) is 186 cm³/mol. The molecule has 0 aliphatic heterocycles. The van der Waals surface area contributed by atoms with Gasteiger partial charge in [0, 0.05) is 0 Å². The molecule has 6 aromatic rings. The third kappa shape index (κ3) is 20.7. The standard InChI is InChI=1S/C7H5NO.C7H5NS.C6H4N2S.3C5H12/c2*1-2-4-7-6(3-1)8-5-9-7;1-2-4-6-5(3-1)7-8-9-6;3*1-5(2,3)4/h2*1-5H;1-4H;3*1-4H3. The second kappa shape index (κ2) is 17.7. The van der Waals surface area contributed by atoms with Crippen LogP contribution >= 0.6 is 22.9 Å². The van der Waals surface area contributed by atoms with Gasteiger partial charge in [0.25, 0.3) is 0 Å². The number of thiazole rings is 1. The Morgan fingerprint density at radius 2 is 0.976 bits per heavy atom. The van der Waals surface area contributed by atoms with Crippen molar-refractivity contribution in [2.75, 3.05) is 0 Å². The normalized spacial score (nSPS) is 10.9. The van der Waals surface area contributed by atoms with Crippen molar-refractivity contribution >= 4 is 54.4 Å². The Morgan fingerprint density at radius 1 is 0.524 bits per heavy atom. The molecule has 0 saturated heterocycles. The number of benzene rings is 3. The van der Waals surface area contributed by atoms with Crippen LogP contribution in [0.1, 0.15) is 83.1 Å². The first-order valence-corrected chi connectivity index (χ1v) is 15.8. The van der Waals surface area contributed by atoms with E-state index >= 15 is 0 Å². The van der Waals surface area contributed by atoms with Gasteiger partial charge >= 0.3 is 0 Å². The van der Waals surface area contributed by atoms with Crippen LogP contribution in [0.2, 0.25) is 0 Å². The quantitative estimate of drug-likeness (QED) is 0.172. The first-order valence-electron chi connectivity index (χ1n) is 14.1. The molecule has 0 saturated carbocycles. The van der Waals surface area contributed by atoms with Gasteiger partial charge in [-0.25, -0.2) is 9.97 Å². The monoisotopic (exact) mass is 606 g/mol. The molecule has 0 bridgehead atoms. The van der Waals surface area contributed by atoms with E-state index in [2.05, 4.69) is 109 Å². The van der Waals surface area contributed by atoms with E-state index in [0.717, 1.165) is 26.8 Å². The molecule has 42 heavy (non-hydrogen) atoms. The SMILES string of the molecule is CC(C)(C)C.CC(C)(C)C.CC(C)(C)C.c1ccc2ocnc2c1.c1ccc2scnc2c1.c1ccc2snnc2c1. The highest BCUT2D eigenvalue weighted by molar-refractivity contribution is 7.16. The van der Waals surface area contributed by atoms with Crippen LogP contribution in [0.25, 0.3) is 31.5 Å². The summed E-state index contributed by atoms with van der Waals surface area (Å²) in [6.07, 6.45) is 1.45. The van der Waals surface area contributed by atoms with Crippen molar-refractivity contribution < 1.29 is 4.42 Å². The smallest absolute Gasteiger partial charge is 0.181 e. The molecule has 0 atom stereocenters. The van der Waals surface area contributed by atoms with Gasteiger partial charge in [0.15, 0.2) is 12.0 Å². The number of hydrogen-bond donors (Lipinski definition) is 0. The second-order valence-corrected chi connectivity index (χ2v) is 16.1. The van der Waals surface area contributed by atoms with E-state index < -0.39 is 0 Å². The summed E-state index contributed by atoms with van der Waals surface area (Å²) < 4.78 is 11.2. The van der Waals surface area contributed by atoms with Crippen LogP contribution in [0, 0.1) is 16.2 Å². The van der Waals surface area contributed by atoms with Crippen LogP contribution in [0.3, 0.4) is 0 Å². The van der Waals surface area contributed by atoms with Gasteiger partial charge in [0.1, 0.15) is 11.0 Å². The van der Waals surface area contributed by atoms with Crippen molar-refractivity contribution in [3.8, 4) is 0 Å². The number of nitrogens with zero attached hydrogens (tertiary/aromatic N) is 4. The maximum atomic E-state index is 5.01. The number of para-hydroxylation sites is 3. The van der Waals surface area contributed by atoms with Crippen LogP contribution in [-0.2, 0) is 0 Å². The molecule has 0 spiro atoms. The van der Waals surface area contributed by atoms with Crippen LogP contribution in [-0.4, -0.2) is 19.6 Å². The Labute approximate surface area is 261 Å². The molecule has 3 aromatic carbocycles. The summed E-state index contributed by atoms with van der Waals surface area (Å²) in [6, 6.07) is 23.7. The lowest BCUT2D eigenvalue weighted by molar-refractivity contribution is 0.469. The van der Waals surface area contributed by atoms with Gasteiger partial charge in [0.05, 0.1) is 20.4 Å². The fourth-order valence-corrected chi connectivity index (χ4v) is 3.57. The summed E-state index contributed by atoms with van der Waals surface area (Å²) in [5, 5.41) is 3.89. The third-order valence-corrected chi connectivity index (χ3v) is 5.14. The van der Waals surface area contributed by atoms with Crippen LogP contribution in [0.5, 0.6) is 0 Å². The van der Waals surface area contributed by atoms with E-state index in [9.17, 15) is 0 Å². The Kier molecular flexibility index (Phi) is 15.6. The number of oxazole rings is 1. The molecule has 5 nitrogen and oxygen atoms in total. The lowest BCUT2D eigenvalue weighted by Crippen LogP contribution is -1.93. The molecule has 0 unspecified atom stereocenters. The number of fused-ring (bicyclic) bond motifs is 3. The zero-order chi connectivity index (χ0) is 31.8. The first kappa shape index (κ1) is 36.9. The number of aromatic nitrogens is 4. The Bertz CT molecular complexity index is 1240. The summed E-state index contributed by atoms with van der Waals surface area (Å²) in [5.41, 5.74) is 7.21. The molecule has 0 radical (unpaired) electrons. The predicted octanol–water partition coefficient (Wildman–Crippen LogP) is 12.0. The van der Waals surface area contributed by atoms with E-state index in [0.29, 0.717) is 16.2 Å². The fraction of sp³-hybridized carbons (Fsp3) is 0.429. The Hall–Kier alpha value is -3.16. The van der Waals surface area contributed by atoms with Gasteiger partial charge in [-0.3, -0.25) is 0 Å². The van der Waals surface area contributed by atoms with E-state index in [1.165, 1.54) is 22.6 Å². The average Bonchev–Trinajstić information content (AvgIpc) is 3.62. The van der Waals surface area contributed by atoms with Gasteiger partial charge in [-0.2, -0.15) is 0 Å². The maximum Gasteiger partial charge on any atom is 0.181 e. The van der Waals surface area contributed by atoms with Crippen molar-refractivity contribution in [2.24, 2.45) is 16.2 Å². The number of hydrogen-bond acceptors (Lipinski definition) is 7. The largest absolute Gasteiger partial charge is 0.443 e. The molecule has 3 heterocycles. The lowest BCUT2D eigenvalue weighted by atomic mass is 10.0. The minimum atomic E-state index is 0.500. The van der Waals surface area contributed by atoms with E-state index in [1.807, 2.05) is 72.2 Å². The van der Waals surface area contributed by atoms with E-state index in [1.54, 1.807) is 11.3 Å². The Balaban J connectivity index is 0.000000259. The van der Waals surface area contributed by atoms with Gasteiger partial charge < -0.3 is 4.42 Å². The van der Waals surface area contributed by atoms with Crippen molar-refractivity contribution in [1.29, 1.82) is 0 Å². The highest BCUT2D eigenvalue weighted by Gasteiger charge is 1.97. The first-order chi connectivity index (χ1) is 19.4. The molecule has 0 N–H and O–H groups in total. The molecule has 0 aliphatic carbocycles. The van der Waals surface area contributed by atoms with E-state index in [-0.39, 0.29) is 0 Å². The maximum absolute atomic E-state index is 5.01. The summed E-state index contributed by atoms with van der Waals surface area (Å²) in [4.78, 5) is 8.09. The molecule has 0 fully saturated rings. The molecular weight excluding hydrogens is 557 g/mol.